The Kier molecular flexibility index (Phi) is 8.89. The van der Waals surface area contributed by atoms with Crippen LogP contribution in [0.1, 0.15) is 59.6 Å². The van der Waals surface area contributed by atoms with E-state index in [0.717, 1.165) is 19.3 Å². The maximum absolute atomic E-state index is 2.44. The van der Waals surface area contributed by atoms with E-state index < -0.39 is 0 Å². The number of hydrogen-bond acceptors (Lipinski definition) is 0. The van der Waals surface area contributed by atoms with Gasteiger partial charge in [0.05, 0.1) is 11.0 Å². The lowest BCUT2D eigenvalue weighted by atomic mass is 9.91. The Morgan fingerprint density at radius 2 is 1.28 bits per heavy atom. The Bertz CT molecular complexity index is 2160. The average Bonchev–Trinajstić information content (AvgIpc) is 3.46. The first-order valence-electron chi connectivity index (χ1n) is 17.2. The maximum Gasteiger partial charge on any atom is 0.0576 e. The van der Waals surface area contributed by atoms with Gasteiger partial charge in [-0.15, -0.1) is 0 Å². The molecule has 0 amide bonds. The van der Waals surface area contributed by atoms with Gasteiger partial charge >= 0.3 is 0 Å². The van der Waals surface area contributed by atoms with Crippen molar-refractivity contribution in [2.45, 2.75) is 52.9 Å². The molecule has 0 N–H and O–H groups in total. The van der Waals surface area contributed by atoms with Crippen molar-refractivity contribution in [1.29, 1.82) is 0 Å². The minimum Gasteiger partial charge on any atom is -0.309 e. The molecule has 0 aliphatic rings. The molecule has 232 valence electrons. The van der Waals surface area contributed by atoms with Crippen LogP contribution >= 0.6 is 0 Å². The smallest absolute Gasteiger partial charge is 0.0576 e. The zero-order valence-corrected chi connectivity index (χ0v) is 27.8. The number of benzene rings is 6. The summed E-state index contributed by atoms with van der Waals surface area (Å²) in [6.07, 6.45) is 7.95. The fraction of sp³-hybridized carbons (Fsp3) is 0.174. The molecule has 47 heavy (non-hydrogen) atoms. The summed E-state index contributed by atoms with van der Waals surface area (Å²) in [7, 11) is 0. The second-order valence-corrected chi connectivity index (χ2v) is 12.8. The highest BCUT2D eigenvalue weighted by Crippen LogP contribution is 2.39. The summed E-state index contributed by atoms with van der Waals surface area (Å²) >= 11 is 0. The number of allylic oxidation sites excluding steroid dienone is 1. The first kappa shape index (κ1) is 30.5. The lowest BCUT2D eigenvalue weighted by Gasteiger charge is -2.16. The van der Waals surface area contributed by atoms with Crippen molar-refractivity contribution < 1.29 is 0 Å². The molecule has 1 heterocycles. The molecular weight excluding hydrogens is 567 g/mol. The Hall–Kier alpha value is -5.14. The summed E-state index contributed by atoms with van der Waals surface area (Å²) in [5.74, 6) is 0. The summed E-state index contributed by atoms with van der Waals surface area (Å²) in [6, 6.07) is 51.4. The molecule has 0 unspecified atom stereocenters. The Morgan fingerprint density at radius 1 is 0.596 bits per heavy atom. The van der Waals surface area contributed by atoms with E-state index in [9.17, 15) is 0 Å². The van der Waals surface area contributed by atoms with Crippen LogP contribution < -0.4 is 0 Å². The van der Waals surface area contributed by atoms with Crippen molar-refractivity contribution in [3.05, 3.63) is 179 Å². The molecule has 0 saturated heterocycles. The molecule has 1 aromatic heterocycles. The fourth-order valence-electron chi connectivity index (χ4n) is 7.08. The van der Waals surface area contributed by atoms with Gasteiger partial charge in [0.25, 0.3) is 0 Å². The second kappa shape index (κ2) is 13.7. The highest BCUT2D eigenvalue weighted by atomic mass is 15.0. The van der Waals surface area contributed by atoms with Crippen LogP contribution in [-0.4, -0.2) is 4.57 Å². The minimum absolute atomic E-state index is 0.992. The van der Waals surface area contributed by atoms with E-state index in [1.807, 2.05) is 0 Å². The van der Waals surface area contributed by atoms with E-state index in [1.54, 1.807) is 0 Å². The highest BCUT2D eigenvalue weighted by molar-refractivity contribution is 6.11. The topological polar surface area (TPSA) is 4.93 Å². The van der Waals surface area contributed by atoms with Gasteiger partial charge in [-0.3, -0.25) is 0 Å². The normalized spacial score (nSPS) is 11.9. The third kappa shape index (κ3) is 6.19. The minimum atomic E-state index is 0.992. The van der Waals surface area contributed by atoms with E-state index in [4.69, 9.17) is 0 Å². The maximum atomic E-state index is 2.44. The summed E-state index contributed by atoms with van der Waals surface area (Å²) < 4.78 is 2.44. The van der Waals surface area contributed by atoms with Crippen LogP contribution in [0.5, 0.6) is 0 Å². The standard InChI is InChI=1S/C46H43N/c1-4-5-7-17-41(37-26-21-33(2)22-27-37)38-29-24-35(25-30-38)23-28-36-14-10-11-18-42(36)40-31-32-44-43-19-12-13-20-45(43)47(46(44)34(40)3)39-15-8-6-9-16-39/h6,8-22,24-27,29-32H,4-5,7,23,28H2,1-3H3/b41-17+. The number of fused-ring (bicyclic) bond motifs is 3. The monoisotopic (exact) mass is 609 g/mol. The first-order valence-corrected chi connectivity index (χ1v) is 17.2. The van der Waals surface area contributed by atoms with Gasteiger partial charge in [0.1, 0.15) is 0 Å². The number of unbranched alkanes of at least 4 members (excludes halogenated alkanes) is 2. The van der Waals surface area contributed by atoms with Gasteiger partial charge in [0.2, 0.25) is 0 Å². The van der Waals surface area contributed by atoms with E-state index in [0.29, 0.717) is 0 Å². The highest BCUT2D eigenvalue weighted by Gasteiger charge is 2.18. The molecule has 0 atom stereocenters. The first-order chi connectivity index (χ1) is 23.1. The number of rotatable bonds is 10. The molecule has 1 nitrogen and oxygen atoms in total. The van der Waals surface area contributed by atoms with Gasteiger partial charge in [0, 0.05) is 16.5 Å². The number of hydrogen-bond donors (Lipinski definition) is 0. The average molecular weight is 610 g/mol. The van der Waals surface area contributed by atoms with Gasteiger partial charge in [-0.2, -0.15) is 0 Å². The molecule has 6 aromatic carbocycles. The third-order valence-electron chi connectivity index (χ3n) is 9.63. The molecule has 0 aliphatic carbocycles. The summed E-state index contributed by atoms with van der Waals surface area (Å²) in [5.41, 5.74) is 15.7. The number of para-hydroxylation sites is 2. The van der Waals surface area contributed by atoms with Gasteiger partial charge in [0.15, 0.2) is 0 Å². The molecule has 0 spiro atoms. The number of aromatic nitrogens is 1. The Balaban J connectivity index is 1.20. The fourth-order valence-corrected chi connectivity index (χ4v) is 7.08. The van der Waals surface area contributed by atoms with Crippen molar-refractivity contribution in [3.63, 3.8) is 0 Å². The predicted octanol–water partition coefficient (Wildman–Crippen LogP) is 12.5. The SMILES string of the molecule is CCCC/C=C(\c1ccc(C)cc1)c1ccc(CCc2ccccc2-c2ccc3c4ccccc4n(-c4ccccc4)c3c2C)cc1. The quantitative estimate of drug-likeness (QED) is 0.136. The van der Waals surface area contributed by atoms with Crippen LogP contribution in [0.25, 0.3) is 44.2 Å². The van der Waals surface area contributed by atoms with Crippen molar-refractivity contribution >= 4 is 27.4 Å². The number of aryl methyl sites for hydroxylation is 4. The van der Waals surface area contributed by atoms with Gasteiger partial charge < -0.3 is 4.57 Å². The van der Waals surface area contributed by atoms with Crippen LogP contribution in [0.2, 0.25) is 0 Å². The summed E-state index contributed by atoms with van der Waals surface area (Å²) in [5, 5.41) is 2.60. The van der Waals surface area contributed by atoms with Crippen LogP contribution in [0.15, 0.2) is 146 Å². The second-order valence-electron chi connectivity index (χ2n) is 12.8. The Labute approximate surface area is 279 Å². The largest absolute Gasteiger partial charge is 0.309 e. The molecule has 0 bridgehead atoms. The van der Waals surface area contributed by atoms with Crippen LogP contribution in [-0.2, 0) is 12.8 Å². The van der Waals surface area contributed by atoms with E-state index in [2.05, 4.69) is 171 Å². The molecule has 7 rings (SSSR count). The van der Waals surface area contributed by atoms with Gasteiger partial charge in [-0.05, 0) is 95.8 Å². The molecule has 0 fully saturated rings. The zero-order valence-electron chi connectivity index (χ0n) is 27.8. The zero-order chi connectivity index (χ0) is 32.2. The van der Waals surface area contributed by atoms with Crippen LogP contribution in [0.4, 0.5) is 0 Å². The lowest BCUT2D eigenvalue weighted by molar-refractivity contribution is 0.815. The molecule has 1 heteroatoms. The molecular formula is C46H43N. The predicted molar refractivity (Wildman–Crippen MR) is 203 cm³/mol. The molecule has 7 aromatic rings. The lowest BCUT2D eigenvalue weighted by Crippen LogP contribution is -1.98. The van der Waals surface area contributed by atoms with Crippen LogP contribution in [0, 0.1) is 13.8 Å². The Morgan fingerprint density at radius 3 is 2.04 bits per heavy atom. The molecule has 0 radical (unpaired) electrons. The van der Waals surface area contributed by atoms with Crippen molar-refractivity contribution in [3.8, 4) is 16.8 Å². The van der Waals surface area contributed by atoms with E-state index in [1.165, 1.54) is 90.4 Å². The van der Waals surface area contributed by atoms with Crippen LogP contribution in [0.3, 0.4) is 0 Å². The summed E-state index contributed by atoms with van der Waals surface area (Å²) in [4.78, 5) is 0. The summed E-state index contributed by atoms with van der Waals surface area (Å²) in [6.45, 7) is 6.71. The van der Waals surface area contributed by atoms with E-state index in [-0.39, 0.29) is 0 Å². The number of nitrogens with zero attached hydrogens (tertiary/aromatic N) is 1. The van der Waals surface area contributed by atoms with Gasteiger partial charge in [-0.25, -0.2) is 0 Å². The molecule has 0 aliphatic heterocycles. The molecule has 0 saturated carbocycles. The third-order valence-corrected chi connectivity index (χ3v) is 9.63. The van der Waals surface area contributed by atoms with Crippen molar-refractivity contribution in [1.82, 2.24) is 4.57 Å². The van der Waals surface area contributed by atoms with E-state index >= 15 is 0 Å². The van der Waals surface area contributed by atoms with Crippen molar-refractivity contribution in [2.75, 3.05) is 0 Å². The van der Waals surface area contributed by atoms with Crippen molar-refractivity contribution in [2.24, 2.45) is 0 Å². The van der Waals surface area contributed by atoms with Gasteiger partial charge in [-0.1, -0.05) is 153 Å².